The second-order valence-electron chi connectivity index (χ2n) is 4.92. The molecule has 1 saturated heterocycles. The number of carbonyl (C=O) groups excluding carboxylic acids is 1. The fraction of sp³-hybridized carbons (Fsp3) is 0.500. The molecule has 0 saturated carbocycles. The van der Waals surface area contributed by atoms with Crippen LogP contribution in [0.15, 0.2) is 18.2 Å². The van der Waals surface area contributed by atoms with Crippen molar-refractivity contribution in [3.05, 3.63) is 28.8 Å². The second-order valence-corrected chi connectivity index (χ2v) is 5.32. The van der Waals surface area contributed by atoms with E-state index in [1.165, 1.54) is 12.8 Å². The van der Waals surface area contributed by atoms with Gasteiger partial charge in [-0.25, -0.2) is 0 Å². The quantitative estimate of drug-likeness (QED) is 0.760. The van der Waals surface area contributed by atoms with Gasteiger partial charge in [-0.05, 0) is 43.9 Å². The molecule has 0 bridgehead atoms. The second kappa shape index (κ2) is 6.44. The molecule has 18 heavy (non-hydrogen) atoms. The summed E-state index contributed by atoms with van der Waals surface area (Å²) in [6.07, 6.45) is 2.51. The molecule has 0 amide bonds. The zero-order valence-corrected chi connectivity index (χ0v) is 12.4. The zero-order valence-electron chi connectivity index (χ0n) is 10.8. The van der Waals surface area contributed by atoms with Crippen LogP contribution in [0.2, 0.25) is 5.02 Å². The Morgan fingerprint density at radius 2 is 2.17 bits per heavy atom. The fourth-order valence-electron chi connectivity index (χ4n) is 2.39. The molecule has 0 aromatic heterocycles. The van der Waals surface area contributed by atoms with Crippen LogP contribution in [0, 0.1) is 5.92 Å². The minimum absolute atomic E-state index is 0. The molecule has 1 aliphatic heterocycles. The van der Waals surface area contributed by atoms with E-state index in [0.717, 1.165) is 18.8 Å². The van der Waals surface area contributed by atoms with Crippen molar-refractivity contribution < 1.29 is 4.79 Å². The van der Waals surface area contributed by atoms with Gasteiger partial charge in [0.1, 0.15) is 0 Å². The molecule has 0 N–H and O–H groups in total. The summed E-state index contributed by atoms with van der Waals surface area (Å²) in [5.41, 5.74) is 1.74. The van der Waals surface area contributed by atoms with Gasteiger partial charge in [0.2, 0.25) is 0 Å². The highest BCUT2D eigenvalue weighted by Crippen LogP contribution is 2.30. The summed E-state index contributed by atoms with van der Waals surface area (Å²) in [6.45, 7) is 5.95. The Labute approximate surface area is 120 Å². The number of carbonyl (C=O) groups is 1. The molecule has 1 atom stereocenters. The number of nitrogens with zero attached hydrogens (tertiary/aromatic N) is 1. The molecular formula is C14H19Cl2NO. The number of piperidine rings is 1. The molecule has 2 nitrogen and oxygen atoms in total. The van der Waals surface area contributed by atoms with Crippen LogP contribution in [0.3, 0.4) is 0 Å². The Kier molecular flexibility index (Phi) is 5.48. The van der Waals surface area contributed by atoms with Crippen molar-refractivity contribution >= 4 is 35.5 Å². The maximum atomic E-state index is 11.3. The summed E-state index contributed by atoms with van der Waals surface area (Å²) in [5.74, 6) is 0.776. The maximum Gasteiger partial charge on any atom is 0.159 e. The highest BCUT2D eigenvalue weighted by molar-refractivity contribution is 6.33. The molecule has 4 heteroatoms. The summed E-state index contributed by atoms with van der Waals surface area (Å²) in [7, 11) is 0. The van der Waals surface area contributed by atoms with E-state index >= 15 is 0 Å². The lowest BCUT2D eigenvalue weighted by atomic mass is 9.99. The standard InChI is InChI=1S/C14H18ClNO.ClH/c1-10-4-3-7-16(9-10)14-6-5-12(11(2)17)8-13(14)15;/h5-6,8,10H,3-4,7,9H2,1-2H3;1H. The lowest BCUT2D eigenvalue weighted by Crippen LogP contribution is -2.34. The van der Waals surface area contributed by atoms with E-state index in [-0.39, 0.29) is 18.2 Å². The highest BCUT2D eigenvalue weighted by atomic mass is 35.5. The van der Waals surface area contributed by atoms with Crippen molar-refractivity contribution in [3.8, 4) is 0 Å². The number of halogens is 2. The van der Waals surface area contributed by atoms with E-state index in [9.17, 15) is 4.79 Å². The molecule has 0 aliphatic carbocycles. The van der Waals surface area contributed by atoms with Crippen molar-refractivity contribution in [2.24, 2.45) is 5.92 Å². The molecule has 1 aliphatic rings. The lowest BCUT2D eigenvalue weighted by molar-refractivity contribution is 0.101. The fourth-order valence-corrected chi connectivity index (χ4v) is 2.69. The van der Waals surface area contributed by atoms with Crippen LogP contribution in [0.4, 0.5) is 5.69 Å². The van der Waals surface area contributed by atoms with Gasteiger partial charge in [-0.15, -0.1) is 12.4 Å². The largest absolute Gasteiger partial charge is 0.370 e. The van der Waals surface area contributed by atoms with Crippen LogP contribution in [-0.2, 0) is 0 Å². The zero-order chi connectivity index (χ0) is 12.4. The van der Waals surface area contributed by atoms with E-state index in [1.54, 1.807) is 13.0 Å². The van der Waals surface area contributed by atoms with Crippen molar-refractivity contribution in [3.63, 3.8) is 0 Å². The Hall–Kier alpha value is -0.730. The Morgan fingerprint density at radius 3 is 2.72 bits per heavy atom. The summed E-state index contributed by atoms with van der Waals surface area (Å²) < 4.78 is 0. The Bertz CT molecular complexity index is 434. The van der Waals surface area contributed by atoms with E-state index < -0.39 is 0 Å². The third kappa shape index (κ3) is 3.39. The average Bonchev–Trinajstić information content (AvgIpc) is 2.28. The molecule has 1 heterocycles. The van der Waals surface area contributed by atoms with Gasteiger partial charge in [0, 0.05) is 18.7 Å². The van der Waals surface area contributed by atoms with Gasteiger partial charge in [0.15, 0.2) is 5.78 Å². The minimum Gasteiger partial charge on any atom is -0.370 e. The minimum atomic E-state index is 0. The predicted octanol–water partition coefficient (Wildman–Crippen LogP) is 4.20. The number of hydrogen-bond acceptors (Lipinski definition) is 2. The first-order valence-corrected chi connectivity index (χ1v) is 6.51. The first kappa shape index (κ1) is 15.3. The van der Waals surface area contributed by atoms with Crippen molar-refractivity contribution in [1.29, 1.82) is 0 Å². The van der Waals surface area contributed by atoms with Crippen LogP contribution in [0.1, 0.15) is 37.0 Å². The van der Waals surface area contributed by atoms with Gasteiger partial charge in [0.05, 0.1) is 10.7 Å². The van der Waals surface area contributed by atoms with E-state index in [1.807, 2.05) is 12.1 Å². The van der Waals surface area contributed by atoms with Crippen molar-refractivity contribution in [2.45, 2.75) is 26.7 Å². The molecule has 0 spiro atoms. The van der Waals surface area contributed by atoms with Gasteiger partial charge < -0.3 is 4.90 Å². The smallest absolute Gasteiger partial charge is 0.159 e. The number of rotatable bonds is 2. The summed E-state index contributed by atoms with van der Waals surface area (Å²) in [5, 5.41) is 0.687. The summed E-state index contributed by atoms with van der Waals surface area (Å²) in [4.78, 5) is 13.6. The van der Waals surface area contributed by atoms with Gasteiger partial charge in [-0.3, -0.25) is 4.79 Å². The van der Waals surface area contributed by atoms with Crippen LogP contribution in [0.25, 0.3) is 0 Å². The van der Waals surface area contributed by atoms with Gasteiger partial charge >= 0.3 is 0 Å². The molecule has 100 valence electrons. The first-order valence-electron chi connectivity index (χ1n) is 6.13. The van der Waals surface area contributed by atoms with Gasteiger partial charge in [-0.2, -0.15) is 0 Å². The molecule has 1 aromatic carbocycles. The maximum absolute atomic E-state index is 11.3. The summed E-state index contributed by atoms with van der Waals surface area (Å²) in [6, 6.07) is 5.61. The number of anilines is 1. The van der Waals surface area contributed by atoms with Crippen molar-refractivity contribution in [2.75, 3.05) is 18.0 Å². The predicted molar refractivity (Wildman–Crippen MR) is 79.3 cm³/mol. The van der Waals surface area contributed by atoms with Crippen LogP contribution < -0.4 is 4.90 Å². The lowest BCUT2D eigenvalue weighted by Gasteiger charge is -2.33. The summed E-state index contributed by atoms with van der Waals surface area (Å²) >= 11 is 6.26. The number of benzene rings is 1. The van der Waals surface area contributed by atoms with Gasteiger partial charge in [0.25, 0.3) is 0 Å². The molecule has 2 rings (SSSR count). The number of Topliss-reactive ketones (excluding diaryl/α,β-unsaturated/α-hetero) is 1. The van der Waals surface area contributed by atoms with E-state index in [0.29, 0.717) is 16.5 Å². The van der Waals surface area contributed by atoms with E-state index in [2.05, 4.69) is 11.8 Å². The molecule has 1 aromatic rings. The first-order chi connectivity index (χ1) is 8.08. The Morgan fingerprint density at radius 1 is 1.44 bits per heavy atom. The SMILES string of the molecule is CC(=O)c1ccc(N2CCCC(C)C2)c(Cl)c1.Cl. The van der Waals surface area contributed by atoms with Crippen LogP contribution in [-0.4, -0.2) is 18.9 Å². The number of ketones is 1. The molecule has 0 radical (unpaired) electrons. The number of hydrogen-bond donors (Lipinski definition) is 0. The van der Waals surface area contributed by atoms with E-state index in [4.69, 9.17) is 11.6 Å². The molecular weight excluding hydrogens is 269 g/mol. The highest BCUT2D eigenvalue weighted by Gasteiger charge is 2.18. The van der Waals surface area contributed by atoms with Crippen LogP contribution in [0.5, 0.6) is 0 Å². The van der Waals surface area contributed by atoms with Crippen molar-refractivity contribution in [1.82, 2.24) is 0 Å². The molecule has 1 unspecified atom stereocenters. The third-order valence-electron chi connectivity index (χ3n) is 3.35. The third-order valence-corrected chi connectivity index (χ3v) is 3.65. The van der Waals surface area contributed by atoms with Gasteiger partial charge in [-0.1, -0.05) is 18.5 Å². The normalized spacial score (nSPS) is 19.3. The topological polar surface area (TPSA) is 20.3 Å². The Balaban J connectivity index is 0.00000162. The van der Waals surface area contributed by atoms with Crippen LogP contribution >= 0.6 is 24.0 Å². The monoisotopic (exact) mass is 287 g/mol. The molecule has 1 fully saturated rings. The average molecular weight is 288 g/mol.